The predicted octanol–water partition coefficient (Wildman–Crippen LogP) is 1.88. The number of hydrogen-bond acceptors (Lipinski definition) is 3. The summed E-state index contributed by atoms with van der Waals surface area (Å²) in [7, 11) is 0. The first-order valence-electron chi connectivity index (χ1n) is 7.91. The van der Waals surface area contributed by atoms with Gasteiger partial charge in [-0.3, -0.25) is 4.48 Å². The molecule has 0 amide bonds. The van der Waals surface area contributed by atoms with Crippen molar-refractivity contribution in [2.45, 2.75) is 58.5 Å². The summed E-state index contributed by atoms with van der Waals surface area (Å²) in [6.07, 6.45) is 7.81. The SMILES string of the molecule is CCCC/C=C/CC[N+](CCO)(C(C)C(=O)O)C(C)C(=O)O. The van der Waals surface area contributed by atoms with Crippen LogP contribution in [-0.4, -0.2) is 63.5 Å². The smallest absolute Gasteiger partial charge is 0.362 e. The van der Waals surface area contributed by atoms with E-state index >= 15 is 0 Å². The molecular formula is C16H30NO5+. The molecule has 0 aromatic rings. The number of carbonyl (C=O) groups is 2. The molecule has 6 heteroatoms. The summed E-state index contributed by atoms with van der Waals surface area (Å²) < 4.78 is -0.153. The first kappa shape index (κ1) is 20.6. The van der Waals surface area contributed by atoms with Gasteiger partial charge in [0.2, 0.25) is 0 Å². The third-order valence-corrected chi connectivity index (χ3v) is 4.38. The third-order valence-electron chi connectivity index (χ3n) is 4.38. The van der Waals surface area contributed by atoms with Gasteiger partial charge in [-0.25, -0.2) is 9.59 Å². The van der Waals surface area contributed by atoms with E-state index in [4.69, 9.17) is 0 Å². The van der Waals surface area contributed by atoms with Crippen molar-refractivity contribution in [3.05, 3.63) is 12.2 Å². The summed E-state index contributed by atoms with van der Waals surface area (Å²) in [5.74, 6) is -2.09. The number of carboxylic acid groups (broad SMARTS) is 2. The van der Waals surface area contributed by atoms with E-state index in [0.29, 0.717) is 13.0 Å². The fourth-order valence-corrected chi connectivity index (χ4v) is 2.72. The number of unbranched alkanes of at least 4 members (excludes halogenated alkanes) is 2. The van der Waals surface area contributed by atoms with E-state index < -0.39 is 24.0 Å². The van der Waals surface area contributed by atoms with Gasteiger partial charge in [0.15, 0.2) is 12.1 Å². The molecule has 0 bridgehead atoms. The van der Waals surface area contributed by atoms with Crippen LogP contribution in [0.25, 0.3) is 0 Å². The van der Waals surface area contributed by atoms with Crippen molar-refractivity contribution in [1.29, 1.82) is 0 Å². The van der Waals surface area contributed by atoms with Gasteiger partial charge < -0.3 is 15.3 Å². The summed E-state index contributed by atoms with van der Waals surface area (Å²) in [6, 6.07) is -1.77. The lowest BCUT2D eigenvalue weighted by Gasteiger charge is -2.44. The largest absolute Gasteiger partial charge is 0.477 e. The number of aliphatic carboxylic acids is 2. The molecule has 0 aliphatic heterocycles. The highest BCUT2D eigenvalue weighted by Crippen LogP contribution is 2.21. The molecule has 3 N–H and O–H groups in total. The zero-order valence-electron chi connectivity index (χ0n) is 13.9. The van der Waals surface area contributed by atoms with Gasteiger partial charge in [-0.15, -0.1) is 0 Å². The molecular weight excluding hydrogens is 286 g/mol. The Kier molecular flexibility index (Phi) is 9.69. The molecule has 0 radical (unpaired) electrons. The van der Waals surface area contributed by atoms with Crippen LogP contribution in [0.4, 0.5) is 0 Å². The highest BCUT2D eigenvalue weighted by molar-refractivity contribution is 5.74. The molecule has 2 atom stereocenters. The molecule has 0 aromatic heterocycles. The van der Waals surface area contributed by atoms with Crippen molar-refractivity contribution in [2.24, 2.45) is 0 Å². The van der Waals surface area contributed by atoms with Crippen LogP contribution in [0.2, 0.25) is 0 Å². The lowest BCUT2D eigenvalue weighted by atomic mass is 10.1. The molecule has 0 heterocycles. The first-order chi connectivity index (χ1) is 10.3. The maximum Gasteiger partial charge on any atom is 0.362 e. The van der Waals surface area contributed by atoms with Gasteiger partial charge >= 0.3 is 11.9 Å². The predicted molar refractivity (Wildman–Crippen MR) is 84.6 cm³/mol. The lowest BCUT2D eigenvalue weighted by molar-refractivity contribution is -0.954. The number of hydrogen-bond donors (Lipinski definition) is 3. The topological polar surface area (TPSA) is 94.8 Å². The second-order valence-corrected chi connectivity index (χ2v) is 5.70. The Labute approximate surface area is 132 Å². The van der Waals surface area contributed by atoms with Crippen LogP contribution in [0.5, 0.6) is 0 Å². The average molecular weight is 316 g/mol. The summed E-state index contributed by atoms with van der Waals surface area (Å²) >= 11 is 0. The Morgan fingerprint density at radius 2 is 1.50 bits per heavy atom. The fourth-order valence-electron chi connectivity index (χ4n) is 2.72. The minimum atomic E-state index is -1.04. The highest BCUT2D eigenvalue weighted by Gasteiger charge is 2.45. The Morgan fingerprint density at radius 1 is 1.00 bits per heavy atom. The zero-order chi connectivity index (χ0) is 17.2. The number of carboxylic acids is 2. The van der Waals surface area contributed by atoms with E-state index in [9.17, 15) is 24.9 Å². The van der Waals surface area contributed by atoms with Gasteiger partial charge in [0.25, 0.3) is 0 Å². The molecule has 6 nitrogen and oxygen atoms in total. The van der Waals surface area contributed by atoms with Crippen LogP contribution in [0.3, 0.4) is 0 Å². The number of rotatable bonds is 12. The second-order valence-electron chi connectivity index (χ2n) is 5.70. The van der Waals surface area contributed by atoms with Gasteiger partial charge in [-0.2, -0.15) is 0 Å². The lowest BCUT2D eigenvalue weighted by Crippen LogP contribution is -2.65. The zero-order valence-corrected chi connectivity index (χ0v) is 13.9. The number of quaternary nitrogens is 1. The monoisotopic (exact) mass is 316 g/mol. The normalized spacial score (nSPS) is 17.1. The molecule has 0 saturated carbocycles. The van der Waals surface area contributed by atoms with Gasteiger partial charge in [-0.1, -0.05) is 31.9 Å². The van der Waals surface area contributed by atoms with E-state index in [1.165, 1.54) is 13.8 Å². The maximum atomic E-state index is 11.4. The molecule has 0 spiro atoms. The Balaban J connectivity index is 5.15. The number of aliphatic hydroxyl groups is 1. The Hall–Kier alpha value is -1.40. The molecule has 0 aliphatic carbocycles. The molecule has 0 aromatic carbocycles. The third kappa shape index (κ3) is 5.77. The van der Waals surface area contributed by atoms with Crippen LogP contribution >= 0.6 is 0 Å². The molecule has 0 saturated heterocycles. The van der Waals surface area contributed by atoms with Crippen molar-refractivity contribution < 1.29 is 29.4 Å². The van der Waals surface area contributed by atoms with Crippen LogP contribution in [-0.2, 0) is 9.59 Å². The van der Waals surface area contributed by atoms with Gasteiger partial charge in [0, 0.05) is 6.42 Å². The maximum absolute atomic E-state index is 11.4. The van der Waals surface area contributed by atoms with E-state index in [1.54, 1.807) is 0 Å². The first-order valence-corrected chi connectivity index (χ1v) is 7.91. The summed E-state index contributed by atoms with van der Waals surface area (Å²) in [6.45, 7) is 5.39. The van der Waals surface area contributed by atoms with Crippen LogP contribution < -0.4 is 0 Å². The van der Waals surface area contributed by atoms with E-state index in [2.05, 4.69) is 6.92 Å². The van der Waals surface area contributed by atoms with Gasteiger partial charge in [-0.05, 0) is 20.3 Å². The fraction of sp³-hybridized carbons (Fsp3) is 0.750. The minimum Gasteiger partial charge on any atom is -0.477 e. The summed E-state index contributed by atoms with van der Waals surface area (Å²) in [4.78, 5) is 22.8. The molecule has 0 fully saturated rings. The molecule has 128 valence electrons. The number of nitrogens with zero attached hydrogens (tertiary/aromatic N) is 1. The minimum absolute atomic E-state index is 0.115. The van der Waals surface area contributed by atoms with Gasteiger partial charge in [0.1, 0.15) is 6.54 Å². The summed E-state index contributed by atoms with van der Waals surface area (Å²) in [5.41, 5.74) is 0. The quantitative estimate of drug-likeness (QED) is 0.290. The average Bonchev–Trinajstić information content (AvgIpc) is 2.47. The Bertz CT molecular complexity index is 361. The number of aliphatic hydroxyl groups excluding tert-OH is 1. The Morgan fingerprint density at radius 3 is 1.91 bits per heavy atom. The van der Waals surface area contributed by atoms with Crippen molar-refractivity contribution >= 4 is 11.9 Å². The standard InChI is InChI=1S/C16H29NO5/c1-4-5-6-7-8-9-10-17(11-12-18,13(2)15(19)20)14(3)16(21)22/h7-8,13-14,18H,4-6,9-12H2,1-3H3,(H-,19,20,21,22)/p+1/b8-7+. The van der Waals surface area contributed by atoms with Crippen molar-refractivity contribution in [3.8, 4) is 0 Å². The van der Waals surface area contributed by atoms with Crippen LogP contribution in [0.1, 0.15) is 46.5 Å². The molecule has 0 aliphatic rings. The summed E-state index contributed by atoms with van der Waals surface area (Å²) in [5, 5.41) is 28.0. The number of allylic oxidation sites excluding steroid dienone is 1. The van der Waals surface area contributed by atoms with Gasteiger partial charge in [0.05, 0.1) is 13.2 Å². The van der Waals surface area contributed by atoms with Crippen molar-refractivity contribution in [3.63, 3.8) is 0 Å². The molecule has 22 heavy (non-hydrogen) atoms. The highest BCUT2D eigenvalue weighted by atomic mass is 16.4. The van der Waals surface area contributed by atoms with Crippen molar-refractivity contribution in [2.75, 3.05) is 19.7 Å². The molecule has 0 rings (SSSR count). The van der Waals surface area contributed by atoms with Crippen LogP contribution in [0.15, 0.2) is 12.2 Å². The van der Waals surface area contributed by atoms with E-state index in [1.807, 2.05) is 12.2 Å². The van der Waals surface area contributed by atoms with Crippen LogP contribution in [0, 0.1) is 0 Å². The van der Waals surface area contributed by atoms with Crippen molar-refractivity contribution in [1.82, 2.24) is 0 Å². The van der Waals surface area contributed by atoms with E-state index in [-0.39, 0.29) is 17.6 Å². The van der Waals surface area contributed by atoms with E-state index in [0.717, 1.165) is 19.3 Å². The molecule has 2 unspecified atom stereocenters. The second kappa shape index (κ2) is 10.3.